The van der Waals surface area contributed by atoms with Gasteiger partial charge < -0.3 is 14.5 Å². The number of hydrogen-bond donors (Lipinski definition) is 0. The number of hydrogen-bond acceptors (Lipinski definition) is 4. The van der Waals surface area contributed by atoms with Crippen molar-refractivity contribution in [3.8, 4) is 5.75 Å². The summed E-state index contributed by atoms with van der Waals surface area (Å²) < 4.78 is 6.98. The molecule has 166 valence electrons. The molecule has 0 radical (unpaired) electrons. The summed E-state index contributed by atoms with van der Waals surface area (Å²) in [6.45, 7) is 5.74. The van der Waals surface area contributed by atoms with Gasteiger partial charge in [0.25, 0.3) is 5.91 Å². The van der Waals surface area contributed by atoms with E-state index >= 15 is 0 Å². The number of amides is 1. The number of rotatable bonds is 0. The van der Waals surface area contributed by atoms with Gasteiger partial charge in [0.05, 0.1) is 27.9 Å². The number of likely N-dealkylation sites (N-methyl/N-ethyl adjacent to an activating group) is 1. The monoisotopic (exact) mass is 437 g/mol. The number of pyridine rings is 1. The number of carbonyl (C=O) groups excluding carboxylic acids is 1. The second kappa shape index (κ2) is 5.41. The van der Waals surface area contributed by atoms with Crippen LogP contribution in [-0.4, -0.2) is 42.5 Å². The molecule has 2 aromatic carbocycles. The maximum atomic E-state index is 13.2. The van der Waals surface area contributed by atoms with Crippen molar-refractivity contribution in [1.29, 1.82) is 0 Å². The molecule has 0 unspecified atom stereocenters. The van der Waals surface area contributed by atoms with E-state index in [0.29, 0.717) is 6.04 Å². The first-order valence-corrected chi connectivity index (χ1v) is 12.1. The third kappa shape index (κ3) is 1.76. The molecule has 4 heterocycles. The Balaban J connectivity index is 1.51. The molecule has 5 aliphatic rings. The van der Waals surface area contributed by atoms with Crippen LogP contribution in [0.4, 0.5) is 5.69 Å². The van der Waals surface area contributed by atoms with Gasteiger partial charge in [0.2, 0.25) is 0 Å². The molecule has 1 fully saturated rings. The molecule has 3 aliphatic heterocycles. The molecule has 8 rings (SSSR count). The second-order valence-electron chi connectivity index (χ2n) is 11.1. The maximum absolute atomic E-state index is 13.2. The summed E-state index contributed by atoms with van der Waals surface area (Å²) in [6, 6.07) is 11.0. The number of aromatic nitrogens is 1. The lowest BCUT2D eigenvalue weighted by atomic mass is 9.44. The summed E-state index contributed by atoms with van der Waals surface area (Å²) in [6.07, 6.45) is 2.95. The topological polar surface area (TPSA) is 45.7 Å². The van der Waals surface area contributed by atoms with Gasteiger partial charge in [-0.1, -0.05) is 25.1 Å². The highest BCUT2D eigenvalue weighted by Crippen LogP contribution is 2.71. The molecule has 2 bridgehead atoms. The molecule has 1 saturated heterocycles. The minimum atomic E-state index is -0.106. The highest BCUT2D eigenvalue weighted by Gasteiger charge is 2.70. The number of anilines is 1. The zero-order valence-corrected chi connectivity index (χ0v) is 19.5. The number of fused-ring (bicyclic) bond motifs is 3. The van der Waals surface area contributed by atoms with Crippen LogP contribution in [0.15, 0.2) is 30.3 Å². The maximum Gasteiger partial charge on any atom is 0.258 e. The van der Waals surface area contributed by atoms with Crippen molar-refractivity contribution >= 4 is 22.5 Å². The molecule has 1 aromatic heterocycles. The Labute approximate surface area is 193 Å². The Kier molecular flexibility index (Phi) is 3.04. The average Bonchev–Trinajstić information content (AvgIpc) is 3.28. The Morgan fingerprint density at radius 1 is 1.18 bits per heavy atom. The fourth-order valence-corrected chi connectivity index (χ4v) is 8.40. The fraction of sp³-hybridized carbons (Fsp3) is 0.429. The lowest BCUT2D eigenvalue weighted by Gasteiger charge is -2.64. The van der Waals surface area contributed by atoms with E-state index in [9.17, 15) is 4.79 Å². The Morgan fingerprint density at radius 2 is 2.03 bits per heavy atom. The summed E-state index contributed by atoms with van der Waals surface area (Å²) in [4.78, 5) is 22.9. The van der Waals surface area contributed by atoms with Gasteiger partial charge in [0.1, 0.15) is 5.75 Å². The smallest absolute Gasteiger partial charge is 0.258 e. The Bertz CT molecular complexity index is 1460. The van der Waals surface area contributed by atoms with Crippen LogP contribution in [0.3, 0.4) is 0 Å². The van der Waals surface area contributed by atoms with E-state index in [1.807, 2.05) is 24.1 Å². The Morgan fingerprint density at radius 3 is 2.88 bits per heavy atom. The van der Waals surface area contributed by atoms with Gasteiger partial charge in [-0.05, 0) is 63.0 Å². The summed E-state index contributed by atoms with van der Waals surface area (Å²) >= 11 is 0. The normalized spacial score (nSPS) is 32.7. The van der Waals surface area contributed by atoms with Crippen LogP contribution in [0, 0.1) is 12.3 Å². The standard InChI is InChI=1S/C28H27N3O2/c1-14-8-9-15-12-19-27(2)13-17-22(25-28(27,10-11-30(19)3)21(15)24(14)33-25)29-18-7-5-6-16-20(18)23(17)31(4)26(16)32/h5-9,19,25H,10-13H2,1-4H3/t19-,25+,27+,28+/m1/s1. The SMILES string of the molecule is Cc1ccc2c3c1O[C@H]1c4nc5cccc6c5c(c4C[C@@]4(C)[C@@H](C2)N(C)CC[C@]314)N(C)C6=O. The van der Waals surface area contributed by atoms with E-state index < -0.39 is 0 Å². The van der Waals surface area contributed by atoms with Crippen molar-refractivity contribution in [2.45, 2.75) is 50.7 Å². The lowest BCUT2D eigenvalue weighted by molar-refractivity contribution is -0.0908. The minimum absolute atomic E-state index is 0.0109. The van der Waals surface area contributed by atoms with Crippen LogP contribution in [0.2, 0.25) is 0 Å². The van der Waals surface area contributed by atoms with Crippen molar-refractivity contribution in [2.75, 3.05) is 25.5 Å². The number of nitrogens with zero attached hydrogens (tertiary/aromatic N) is 3. The molecule has 3 aromatic rings. The molecular formula is C28H27N3O2. The van der Waals surface area contributed by atoms with E-state index in [-0.39, 0.29) is 22.8 Å². The van der Waals surface area contributed by atoms with Gasteiger partial charge in [-0.3, -0.25) is 4.79 Å². The van der Waals surface area contributed by atoms with Crippen LogP contribution in [-0.2, 0) is 18.3 Å². The zero-order valence-electron chi connectivity index (χ0n) is 19.5. The van der Waals surface area contributed by atoms with E-state index in [0.717, 1.165) is 59.4 Å². The predicted octanol–water partition coefficient (Wildman–Crippen LogP) is 4.33. The van der Waals surface area contributed by atoms with E-state index in [2.05, 4.69) is 44.0 Å². The van der Waals surface area contributed by atoms with Crippen LogP contribution < -0.4 is 9.64 Å². The second-order valence-corrected chi connectivity index (χ2v) is 11.1. The molecule has 4 atom stereocenters. The number of likely N-dealkylation sites (tertiary alicyclic amines) is 1. The molecule has 33 heavy (non-hydrogen) atoms. The summed E-state index contributed by atoms with van der Waals surface area (Å²) in [7, 11) is 4.21. The number of carbonyl (C=O) groups is 1. The molecular weight excluding hydrogens is 410 g/mol. The van der Waals surface area contributed by atoms with E-state index in [1.165, 1.54) is 22.3 Å². The van der Waals surface area contributed by atoms with Gasteiger partial charge in [0, 0.05) is 35.0 Å². The third-order valence-electron chi connectivity index (χ3n) is 9.91. The lowest BCUT2D eigenvalue weighted by Crippen LogP contribution is -2.68. The molecule has 5 heteroatoms. The van der Waals surface area contributed by atoms with Crippen LogP contribution in [0.5, 0.6) is 5.75 Å². The average molecular weight is 438 g/mol. The summed E-state index contributed by atoms with van der Waals surface area (Å²) in [5, 5.41) is 1.02. The first kappa shape index (κ1) is 18.5. The predicted molar refractivity (Wildman–Crippen MR) is 127 cm³/mol. The molecule has 0 N–H and O–H groups in total. The highest BCUT2D eigenvalue weighted by molar-refractivity contribution is 6.25. The van der Waals surface area contributed by atoms with Crippen LogP contribution in [0.1, 0.15) is 57.8 Å². The minimum Gasteiger partial charge on any atom is -0.483 e. The van der Waals surface area contributed by atoms with Gasteiger partial charge in [-0.15, -0.1) is 0 Å². The van der Waals surface area contributed by atoms with E-state index in [1.54, 1.807) is 0 Å². The fourth-order valence-electron chi connectivity index (χ4n) is 8.40. The first-order valence-electron chi connectivity index (χ1n) is 12.1. The van der Waals surface area contributed by atoms with Gasteiger partial charge >= 0.3 is 0 Å². The molecule has 5 nitrogen and oxygen atoms in total. The number of benzene rings is 2. The summed E-state index contributed by atoms with van der Waals surface area (Å²) in [5.41, 5.74) is 9.11. The number of aryl methyl sites for hydroxylation is 1. The third-order valence-corrected chi connectivity index (χ3v) is 9.91. The summed E-state index contributed by atoms with van der Waals surface area (Å²) in [5.74, 6) is 1.17. The van der Waals surface area contributed by atoms with Crippen LogP contribution in [0.25, 0.3) is 10.9 Å². The van der Waals surface area contributed by atoms with Crippen molar-refractivity contribution in [1.82, 2.24) is 9.88 Å². The Hall–Kier alpha value is -2.92. The van der Waals surface area contributed by atoms with Crippen molar-refractivity contribution in [2.24, 2.45) is 5.41 Å². The molecule has 0 saturated carbocycles. The number of piperidine rings is 1. The zero-order chi connectivity index (χ0) is 22.4. The molecule has 2 aliphatic carbocycles. The highest BCUT2D eigenvalue weighted by atomic mass is 16.5. The number of ether oxygens (including phenoxy) is 1. The largest absolute Gasteiger partial charge is 0.483 e. The van der Waals surface area contributed by atoms with E-state index in [4.69, 9.17) is 9.72 Å². The molecule has 1 amide bonds. The first-order chi connectivity index (χ1) is 15.9. The quantitative estimate of drug-likeness (QED) is 0.525. The van der Waals surface area contributed by atoms with Crippen molar-refractivity contribution < 1.29 is 9.53 Å². The van der Waals surface area contributed by atoms with Gasteiger partial charge in [-0.25, -0.2) is 4.98 Å². The molecule has 1 spiro atoms. The van der Waals surface area contributed by atoms with Gasteiger partial charge in [0.15, 0.2) is 6.10 Å². The van der Waals surface area contributed by atoms with Crippen molar-refractivity contribution in [3.05, 3.63) is 63.8 Å². The van der Waals surface area contributed by atoms with Crippen molar-refractivity contribution in [3.63, 3.8) is 0 Å². The van der Waals surface area contributed by atoms with Gasteiger partial charge in [-0.2, -0.15) is 0 Å². The van der Waals surface area contributed by atoms with Crippen LogP contribution >= 0.6 is 0 Å².